The molecule has 0 N–H and O–H groups in total. The van der Waals surface area contributed by atoms with Gasteiger partial charge >= 0.3 is 5.69 Å². The maximum absolute atomic E-state index is 13.5. The van der Waals surface area contributed by atoms with Crippen LogP contribution in [0.3, 0.4) is 0 Å². The Bertz CT molecular complexity index is 2160. The molecule has 2 aromatic heterocycles. The third kappa shape index (κ3) is 5.61. The van der Waals surface area contributed by atoms with Crippen LogP contribution in [0.2, 0.25) is 0 Å². The van der Waals surface area contributed by atoms with E-state index in [0.717, 1.165) is 14.5 Å². The minimum atomic E-state index is -0.609. The van der Waals surface area contributed by atoms with Crippen molar-refractivity contribution in [3.8, 4) is 17.3 Å². The molecule has 0 fully saturated rings. The van der Waals surface area contributed by atoms with Gasteiger partial charge in [0.15, 0.2) is 11.5 Å². The lowest BCUT2D eigenvalue weighted by atomic mass is 10.2. The van der Waals surface area contributed by atoms with Crippen molar-refractivity contribution in [2.24, 2.45) is 5.10 Å². The Morgan fingerprint density at radius 3 is 2.60 bits per heavy atom. The van der Waals surface area contributed by atoms with Crippen molar-refractivity contribution in [2.45, 2.75) is 6.61 Å². The number of aromatic nitrogens is 2. The molecule has 0 aliphatic carbocycles. The van der Waals surface area contributed by atoms with Crippen molar-refractivity contribution in [2.75, 3.05) is 0 Å². The normalized spacial score (nSPS) is 11.4. The van der Waals surface area contributed by atoms with E-state index in [2.05, 4.69) is 26.0 Å². The second-order valence-corrected chi connectivity index (χ2v) is 10.2. The Morgan fingerprint density at radius 1 is 0.953 bits per heavy atom. The van der Waals surface area contributed by atoms with E-state index in [1.54, 1.807) is 42.5 Å². The largest absolute Gasteiger partial charge is 0.482 e. The van der Waals surface area contributed by atoms with E-state index in [1.165, 1.54) is 42.6 Å². The van der Waals surface area contributed by atoms with E-state index < -0.39 is 15.4 Å². The molecule has 0 aliphatic heterocycles. The van der Waals surface area contributed by atoms with Crippen LogP contribution in [-0.2, 0) is 6.61 Å². The summed E-state index contributed by atoms with van der Waals surface area (Å²) in [6.07, 6.45) is 1.30. The molecular weight excluding hydrogens is 622 g/mol. The highest BCUT2D eigenvalue weighted by molar-refractivity contribution is 9.10. The van der Waals surface area contributed by atoms with Gasteiger partial charge in [0, 0.05) is 33.6 Å². The molecule has 0 aliphatic rings. The van der Waals surface area contributed by atoms with Crippen molar-refractivity contribution in [1.82, 2.24) is 9.66 Å². The number of para-hydroxylation sites is 1. The quantitative estimate of drug-likeness (QED) is 0.0994. The zero-order chi connectivity index (χ0) is 30.1. The average molecular weight is 640 g/mol. The molecule has 0 amide bonds. The molecule has 0 saturated heterocycles. The third-order valence-corrected chi connectivity index (χ3v) is 6.96. The Hall–Kier alpha value is -5.69. The topological polar surface area (TPSA) is 156 Å². The predicted molar refractivity (Wildman–Crippen MR) is 162 cm³/mol. The number of furan rings is 1. The van der Waals surface area contributed by atoms with Crippen LogP contribution in [-0.4, -0.2) is 25.7 Å². The fourth-order valence-electron chi connectivity index (χ4n) is 4.44. The van der Waals surface area contributed by atoms with E-state index in [4.69, 9.17) is 9.15 Å². The number of hydrogen-bond donors (Lipinski definition) is 0. The van der Waals surface area contributed by atoms with E-state index in [0.29, 0.717) is 33.4 Å². The molecule has 0 atom stereocenters. The molecule has 212 valence electrons. The first-order chi connectivity index (χ1) is 20.8. The third-order valence-electron chi connectivity index (χ3n) is 6.47. The standard InChI is InChI=1S/C30H18BrN5O7/c31-21-9-11-26-20(14-21)15-28(43-26)29-33-24-7-2-1-6-23(24)30(37)34(29)32-16-18-8-10-27(25(13-18)36(40)41)42-17-19-4-3-5-22(12-19)35(38)39/h1-16H,17H2. The van der Waals surface area contributed by atoms with Gasteiger partial charge in [0.1, 0.15) is 12.2 Å². The smallest absolute Gasteiger partial charge is 0.311 e. The van der Waals surface area contributed by atoms with Gasteiger partial charge in [0.2, 0.25) is 5.82 Å². The Kier molecular flexibility index (Phi) is 7.22. The highest BCUT2D eigenvalue weighted by Gasteiger charge is 2.19. The molecule has 43 heavy (non-hydrogen) atoms. The summed E-state index contributed by atoms with van der Waals surface area (Å²) in [5.41, 5.74) is 0.919. The molecule has 0 saturated carbocycles. The number of rotatable bonds is 8. The van der Waals surface area contributed by atoms with Gasteiger partial charge in [-0.2, -0.15) is 9.78 Å². The van der Waals surface area contributed by atoms with Crippen LogP contribution in [0.5, 0.6) is 5.75 Å². The van der Waals surface area contributed by atoms with Crippen molar-refractivity contribution >= 4 is 55.4 Å². The fraction of sp³-hybridized carbons (Fsp3) is 0.0333. The summed E-state index contributed by atoms with van der Waals surface area (Å²) in [6, 6.07) is 24.1. The number of non-ortho nitro benzene ring substituents is 1. The number of hydrogen-bond acceptors (Lipinski definition) is 9. The molecular formula is C30H18BrN5O7. The van der Waals surface area contributed by atoms with E-state index in [-0.39, 0.29) is 29.6 Å². The highest BCUT2D eigenvalue weighted by Crippen LogP contribution is 2.30. The number of ether oxygens (including phenoxy) is 1. The summed E-state index contributed by atoms with van der Waals surface area (Å²) in [6.45, 7) is -0.120. The molecule has 6 aromatic rings. The van der Waals surface area contributed by atoms with E-state index >= 15 is 0 Å². The van der Waals surface area contributed by atoms with Gasteiger partial charge in [-0.05, 0) is 54.1 Å². The molecule has 13 heteroatoms. The maximum atomic E-state index is 13.5. The Balaban J connectivity index is 1.36. The van der Waals surface area contributed by atoms with Crippen LogP contribution in [0, 0.1) is 20.2 Å². The van der Waals surface area contributed by atoms with Crippen LogP contribution in [0.1, 0.15) is 11.1 Å². The van der Waals surface area contributed by atoms with Crippen molar-refractivity contribution in [3.05, 3.63) is 137 Å². The first kappa shape index (κ1) is 27.5. The van der Waals surface area contributed by atoms with E-state index in [1.807, 2.05) is 12.1 Å². The lowest BCUT2D eigenvalue weighted by molar-refractivity contribution is -0.386. The molecule has 0 unspecified atom stereocenters. The van der Waals surface area contributed by atoms with Gasteiger partial charge in [-0.1, -0.05) is 40.2 Å². The van der Waals surface area contributed by atoms with Crippen LogP contribution in [0.15, 0.2) is 110 Å². The van der Waals surface area contributed by atoms with Crippen LogP contribution >= 0.6 is 15.9 Å². The van der Waals surface area contributed by atoms with Gasteiger partial charge in [-0.3, -0.25) is 25.0 Å². The highest BCUT2D eigenvalue weighted by atomic mass is 79.9. The molecule has 6 rings (SSSR count). The molecule has 12 nitrogen and oxygen atoms in total. The number of halogens is 1. The minimum Gasteiger partial charge on any atom is -0.482 e. The van der Waals surface area contributed by atoms with Crippen molar-refractivity contribution in [3.63, 3.8) is 0 Å². The lowest BCUT2D eigenvalue weighted by Crippen LogP contribution is -2.20. The number of nitrogens with zero attached hydrogens (tertiary/aromatic N) is 5. The van der Waals surface area contributed by atoms with Crippen molar-refractivity contribution in [1.29, 1.82) is 0 Å². The monoisotopic (exact) mass is 639 g/mol. The molecule has 0 spiro atoms. The van der Waals surface area contributed by atoms with Gasteiger partial charge in [-0.15, -0.1) is 0 Å². The number of benzene rings is 4. The molecule has 4 aromatic carbocycles. The lowest BCUT2D eigenvalue weighted by Gasteiger charge is -2.08. The van der Waals surface area contributed by atoms with Crippen LogP contribution in [0.25, 0.3) is 33.5 Å². The van der Waals surface area contributed by atoms with Crippen molar-refractivity contribution < 1.29 is 19.0 Å². The SMILES string of the molecule is O=c1c2ccccc2nc(-c2cc3cc(Br)ccc3o2)n1N=Cc1ccc(OCc2cccc([N+](=O)[O-])c2)c([N+](=O)[O-])c1. The van der Waals surface area contributed by atoms with E-state index in [9.17, 15) is 25.0 Å². The number of nitro benzene ring substituents is 2. The summed E-state index contributed by atoms with van der Waals surface area (Å²) >= 11 is 3.44. The first-order valence-electron chi connectivity index (χ1n) is 12.7. The molecule has 0 radical (unpaired) electrons. The molecule has 2 heterocycles. The summed E-state index contributed by atoms with van der Waals surface area (Å²) in [7, 11) is 0. The summed E-state index contributed by atoms with van der Waals surface area (Å²) in [4.78, 5) is 39.9. The van der Waals surface area contributed by atoms with Gasteiger partial charge in [0.05, 0.1) is 27.0 Å². The second-order valence-electron chi connectivity index (χ2n) is 9.31. The van der Waals surface area contributed by atoms with Gasteiger partial charge < -0.3 is 9.15 Å². The Labute approximate surface area is 249 Å². The predicted octanol–water partition coefficient (Wildman–Crippen LogP) is 6.85. The van der Waals surface area contributed by atoms with Crippen LogP contribution in [0.4, 0.5) is 11.4 Å². The Morgan fingerprint density at radius 2 is 1.79 bits per heavy atom. The number of nitro groups is 2. The molecule has 0 bridgehead atoms. The zero-order valence-electron chi connectivity index (χ0n) is 21.9. The zero-order valence-corrected chi connectivity index (χ0v) is 23.5. The minimum absolute atomic E-state index is 0.0349. The maximum Gasteiger partial charge on any atom is 0.311 e. The fourth-order valence-corrected chi connectivity index (χ4v) is 4.82. The first-order valence-corrected chi connectivity index (χ1v) is 13.5. The van der Waals surface area contributed by atoms with Gasteiger partial charge in [0.25, 0.3) is 11.2 Å². The number of fused-ring (bicyclic) bond motifs is 2. The summed E-state index contributed by atoms with van der Waals surface area (Å²) < 4.78 is 13.6. The summed E-state index contributed by atoms with van der Waals surface area (Å²) in [5.74, 6) is 0.426. The average Bonchev–Trinajstić information content (AvgIpc) is 3.43. The summed E-state index contributed by atoms with van der Waals surface area (Å²) in [5, 5.41) is 28.4. The van der Waals surface area contributed by atoms with Crippen LogP contribution < -0.4 is 10.3 Å². The van der Waals surface area contributed by atoms with Gasteiger partial charge in [-0.25, -0.2) is 4.98 Å². The second kappa shape index (κ2) is 11.3.